The first-order chi connectivity index (χ1) is 10.5. The Morgan fingerprint density at radius 2 is 2.20 bits per heavy atom. The molecule has 1 aromatic rings. The molecule has 0 saturated carbocycles. The Labute approximate surface area is 129 Å². The minimum absolute atomic E-state index is 0.0372. The molecular weight excluding hydrogens is 270 g/mol. The van der Waals surface area contributed by atoms with Crippen LogP contribution in [0.15, 0.2) is 18.2 Å². The Morgan fingerprint density at radius 3 is 2.85 bits per heavy atom. The lowest BCUT2D eigenvalue weighted by Gasteiger charge is -2.34. The molecule has 1 aliphatic heterocycles. The molecule has 0 unspecified atom stereocenters. The highest BCUT2D eigenvalue weighted by Crippen LogP contribution is 2.40. The Morgan fingerprint density at radius 1 is 1.45 bits per heavy atom. The largest absolute Gasteiger partial charge is 0.597 e. The van der Waals surface area contributed by atoms with Gasteiger partial charge in [-0.25, -0.2) is 0 Å². The van der Waals surface area contributed by atoms with E-state index in [9.17, 15) is 4.55 Å². The third kappa shape index (κ3) is 2.97. The molecule has 1 heterocycles. The molecule has 0 bridgehead atoms. The van der Waals surface area contributed by atoms with E-state index in [-0.39, 0.29) is 10.8 Å². The molecule has 0 spiro atoms. The van der Waals surface area contributed by atoms with Crippen molar-refractivity contribution in [2.75, 3.05) is 13.6 Å². The van der Waals surface area contributed by atoms with E-state index in [2.05, 4.69) is 0 Å². The maximum atomic E-state index is 12.8. The Bertz CT molecular complexity index is 557. The zero-order chi connectivity index (χ0) is 17.4. The maximum absolute atomic E-state index is 12.8. The zero-order valence-electron chi connectivity index (χ0n) is 15.6. The molecule has 20 heavy (non-hydrogen) atoms. The minimum Gasteiger partial charge on any atom is -0.597 e. The number of benzene rings is 1. The van der Waals surface area contributed by atoms with Crippen molar-refractivity contribution in [2.45, 2.75) is 51.3 Å². The van der Waals surface area contributed by atoms with Gasteiger partial charge in [-0.3, -0.25) is 0 Å². The number of ether oxygens (including phenoxy) is 1. The lowest BCUT2D eigenvalue weighted by atomic mass is 9.99. The van der Waals surface area contributed by atoms with Crippen LogP contribution in [0.25, 0.3) is 0 Å². The molecular formula is C16H25NO2S. The first-order valence-electron chi connectivity index (χ1n) is 8.48. The van der Waals surface area contributed by atoms with Gasteiger partial charge in [0.1, 0.15) is 10.5 Å². The van der Waals surface area contributed by atoms with Gasteiger partial charge in [-0.05, 0) is 57.7 Å². The highest BCUT2D eigenvalue weighted by atomic mass is 32.2. The van der Waals surface area contributed by atoms with E-state index in [0.29, 0.717) is 5.75 Å². The summed E-state index contributed by atoms with van der Waals surface area (Å²) in [6, 6.07) is 5.49. The van der Waals surface area contributed by atoms with Gasteiger partial charge in [0.25, 0.3) is 0 Å². The van der Waals surface area contributed by atoms with Crippen LogP contribution < -0.4 is 4.74 Å². The average molecular weight is 298 g/mol. The zero-order valence-corrected chi connectivity index (χ0v) is 13.4. The lowest BCUT2D eigenvalue weighted by Crippen LogP contribution is -2.42. The van der Waals surface area contributed by atoms with Crippen molar-refractivity contribution in [1.82, 2.24) is 4.31 Å². The monoisotopic (exact) mass is 298 g/mol. The van der Waals surface area contributed by atoms with E-state index < -0.39 is 18.4 Å². The van der Waals surface area contributed by atoms with E-state index in [1.807, 2.05) is 38.1 Å². The van der Waals surface area contributed by atoms with Crippen LogP contribution in [0.2, 0.25) is 0 Å². The number of hydrogen-bond acceptors (Lipinski definition) is 3. The third-order valence-corrected chi connectivity index (χ3v) is 5.65. The van der Waals surface area contributed by atoms with Gasteiger partial charge < -0.3 is 9.29 Å². The number of hydrogen-bond donors (Lipinski definition) is 0. The third-order valence-electron chi connectivity index (χ3n) is 3.74. The van der Waals surface area contributed by atoms with Crippen LogP contribution in [-0.4, -0.2) is 27.2 Å². The first kappa shape index (κ1) is 11.9. The van der Waals surface area contributed by atoms with Crippen molar-refractivity contribution in [2.24, 2.45) is 0 Å². The van der Waals surface area contributed by atoms with Gasteiger partial charge in [-0.15, -0.1) is 4.31 Å². The summed E-state index contributed by atoms with van der Waals surface area (Å²) in [4.78, 5) is 0. The van der Waals surface area contributed by atoms with Crippen LogP contribution in [0.1, 0.15) is 54.9 Å². The van der Waals surface area contributed by atoms with Crippen molar-refractivity contribution >= 4 is 11.4 Å². The van der Waals surface area contributed by atoms with Crippen LogP contribution in [-0.2, 0) is 11.4 Å². The molecule has 1 fully saturated rings. The lowest BCUT2D eigenvalue weighted by molar-refractivity contribution is 0.375. The summed E-state index contributed by atoms with van der Waals surface area (Å²) in [6.07, 6.45) is 1.90. The van der Waals surface area contributed by atoms with Crippen LogP contribution in [0, 0.1) is 6.92 Å². The van der Waals surface area contributed by atoms with E-state index in [1.165, 1.54) is 0 Å². The highest BCUT2D eigenvalue weighted by Gasteiger charge is 2.41. The Balaban J connectivity index is 2.32. The van der Waals surface area contributed by atoms with Crippen LogP contribution >= 0.6 is 0 Å². The number of methoxy groups -OCH3 is 1. The fraction of sp³-hybridized carbons (Fsp3) is 0.625. The van der Waals surface area contributed by atoms with Gasteiger partial charge in [-0.1, -0.05) is 12.1 Å². The van der Waals surface area contributed by atoms with Crippen molar-refractivity contribution in [3.05, 3.63) is 29.3 Å². The predicted molar refractivity (Wildman–Crippen MR) is 84.3 cm³/mol. The molecule has 3 nitrogen and oxygen atoms in total. The standard InChI is InChI=1S/C16H25NO2S/c1-12-13(8-6-10-15(12)19-5)14-9-7-11-17(14)20(18)16(2,3)4/h6,8,10,14H,7,9,11H2,1-5H3/t14-,20+/m0/s1/i5D3. The summed E-state index contributed by atoms with van der Waals surface area (Å²) in [7, 11) is -2.47. The summed E-state index contributed by atoms with van der Waals surface area (Å²) in [6.45, 7) is 8.57. The minimum atomic E-state index is -2.47. The number of nitrogens with zero attached hydrogens (tertiary/aromatic N) is 1. The van der Waals surface area contributed by atoms with Gasteiger partial charge in [0.2, 0.25) is 0 Å². The fourth-order valence-corrected chi connectivity index (χ4v) is 4.15. The summed E-state index contributed by atoms with van der Waals surface area (Å²) in [5.74, 6) is 0.371. The molecule has 0 N–H and O–H groups in total. The summed E-state index contributed by atoms with van der Waals surface area (Å²) in [5.41, 5.74) is 1.81. The molecule has 2 atom stereocenters. The van der Waals surface area contributed by atoms with Gasteiger partial charge in [0.05, 0.1) is 17.2 Å². The van der Waals surface area contributed by atoms with E-state index >= 15 is 0 Å². The first-order valence-corrected chi connectivity index (χ1v) is 8.08. The molecule has 0 aromatic heterocycles. The molecule has 1 aromatic carbocycles. The summed E-state index contributed by atoms with van der Waals surface area (Å²) >= 11 is -1.10. The average Bonchev–Trinajstić information content (AvgIpc) is 2.86. The van der Waals surface area contributed by atoms with E-state index in [0.717, 1.165) is 30.5 Å². The summed E-state index contributed by atoms with van der Waals surface area (Å²) < 4.78 is 41.5. The molecule has 4 heteroatoms. The SMILES string of the molecule is [2H]C([2H])([2H])Oc1cccc([C@@H]2CCCN2[S@+]([O-])C(C)(C)C)c1C. The Kier molecular flexibility index (Phi) is 3.54. The molecule has 1 aliphatic rings. The van der Waals surface area contributed by atoms with Gasteiger partial charge >= 0.3 is 0 Å². The molecule has 0 aliphatic carbocycles. The maximum Gasteiger partial charge on any atom is 0.137 e. The van der Waals surface area contributed by atoms with Crippen LogP contribution in [0.5, 0.6) is 5.75 Å². The highest BCUT2D eigenvalue weighted by molar-refractivity contribution is 7.90. The van der Waals surface area contributed by atoms with Crippen molar-refractivity contribution < 1.29 is 13.4 Å². The Hall–Kier alpha value is -0.710. The fourth-order valence-electron chi connectivity index (χ4n) is 2.70. The van der Waals surface area contributed by atoms with E-state index in [4.69, 9.17) is 8.85 Å². The van der Waals surface area contributed by atoms with Crippen molar-refractivity contribution in [1.29, 1.82) is 0 Å². The van der Waals surface area contributed by atoms with Crippen molar-refractivity contribution in [3.63, 3.8) is 0 Å². The second-order valence-electron chi connectivity index (χ2n) is 6.23. The van der Waals surface area contributed by atoms with E-state index in [1.54, 1.807) is 12.1 Å². The van der Waals surface area contributed by atoms with Gasteiger partial charge in [0.15, 0.2) is 0 Å². The smallest absolute Gasteiger partial charge is 0.137 e. The second-order valence-corrected chi connectivity index (χ2v) is 8.42. The topological polar surface area (TPSA) is 35.5 Å². The molecule has 112 valence electrons. The summed E-state index contributed by atoms with van der Waals surface area (Å²) in [5, 5.41) is 0. The van der Waals surface area contributed by atoms with Gasteiger partial charge in [0, 0.05) is 17.9 Å². The molecule has 0 radical (unpaired) electrons. The predicted octanol–water partition coefficient (Wildman–Crippen LogP) is 3.60. The van der Waals surface area contributed by atoms with Gasteiger partial charge in [-0.2, -0.15) is 0 Å². The van der Waals surface area contributed by atoms with Crippen molar-refractivity contribution in [3.8, 4) is 5.75 Å². The molecule has 2 rings (SSSR count). The molecule has 1 saturated heterocycles. The molecule has 0 amide bonds. The van der Waals surface area contributed by atoms with Crippen LogP contribution in [0.4, 0.5) is 0 Å². The number of rotatable bonds is 3. The second kappa shape index (κ2) is 5.96. The van der Waals surface area contributed by atoms with Crippen LogP contribution in [0.3, 0.4) is 0 Å². The normalized spacial score (nSPS) is 24.9. The quantitative estimate of drug-likeness (QED) is 0.800.